The number of aromatic nitrogens is 3. The molecule has 0 amide bonds. The molecule has 0 saturated carbocycles. The predicted octanol–water partition coefficient (Wildman–Crippen LogP) is 2.58. The molecule has 1 N–H and O–H groups in total. The highest BCUT2D eigenvalue weighted by atomic mass is 15.3. The second kappa shape index (κ2) is 7.04. The Hall–Kier alpha value is -1.68. The Morgan fingerprint density at radius 3 is 2.74 bits per heavy atom. The van der Waals surface area contributed by atoms with Gasteiger partial charge < -0.3 is 5.32 Å². The Kier molecular flexibility index (Phi) is 5.10. The molecule has 1 atom stereocenters. The van der Waals surface area contributed by atoms with E-state index in [4.69, 9.17) is 0 Å². The lowest BCUT2D eigenvalue weighted by Crippen LogP contribution is -2.16. The minimum atomic E-state index is 0.416. The van der Waals surface area contributed by atoms with Crippen molar-refractivity contribution in [3.05, 3.63) is 48.0 Å². The molecule has 1 aromatic heterocycles. The molecule has 0 spiro atoms. The van der Waals surface area contributed by atoms with E-state index >= 15 is 0 Å². The zero-order chi connectivity index (χ0) is 13.5. The number of hydrogen-bond acceptors (Lipinski definition) is 3. The molecule has 0 aliphatic heterocycles. The quantitative estimate of drug-likeness (QED) is 0.830. The van der Waals surface area contributed by atoms with Crippen LogP contribution < -0.4 is 5.32 Å². The van der Waals surface area contributed by atoms with Gasteiger partial charge in [-0.25, -0.2) is 4.98 Å². The van der Waals surface area contributed by atoms with Gasteiger partial charge in [-0.05, 0) is 32.4 Å². The molecular weight excluding hydrogens is 236 g/mol. The number of aryl methyl sites for hydroxylation is 2. The fourth-order valence-electron chi connectivity index (χ4n) is 2.37. The minimum Gasteiger partial charge on any atom is -0.313 e. The Balaban J connectivity index is 1.87. The van der Waals surface area contributed by atoms with E-state index in [-0.39, 0.29) is 0 Å². The summed E-state index contributed by atoms with van der Waals surface area (Å²) in [6, 6.07) is 11.0. The van der Waals surface area contributed by atoms with Gasteiger partial charge in [-0.2, -0.15) is 5.10 Å². The van der Waals surface area contributed by atoms with Crippen molar-refractivity contribution in [1.29, 1.82) is 0 Å². The van der Waals surface area contributed by atoms with Crippen molar-refractivity contribution in [2.24, 2.45) is 0 Å². The lowest BCUT2D eigenvalue weighted by molar-refractivity contribution is 0.512. The Labute approximate surface area is 114 Å². The van der Waals surface area contributed by atoms with E-state index in [0.29, 0.717) is 6.04 Å². The first-order valence-electron chi connectivity index (χ1n) is 6.94. The third kappa shape index (κ3) is 3.64. The minimum absolute atomic E-state index is 0.416. The van der Waals surface area contributed by atoms with Gasteiger partial charge in [0.1, 0.15) is 12.2 Å². The number of nitrogens with one attached hydrogen (secondary N) is 1. The van der Waals surface area contributed by atoms with Crippen molar-refractivity contribution < 1.29 is 0 Å². The second-order valence-corrected chi connectivity index (χ2v) is 4.64. The highest BCUT2D eigenvalue weighted by Gasteiger charge is 2.09. The van der Waals surface area contributed by atoms with Gasteiger partial charge >= 0.3 is 0 Å². The number of rotatable bonds is 7. The molecule has 102 valence electrons. The third-order valence-corrected chi connectivity index (χ3v) is 3.44. The molecule has 19 heavy (non-hydrogen) atoms. The van der Waals surface area contributed by atoms with E-state index < -0.39 is 0 Å². The zero-order valence-corrected chi connectivity index (χ0v) is 11.7. The molecule has 0 saturated heterocycles. The van der Waals surface area contributed by atoms with Crippen molar-refractivity contribution in [2.75, 3.05) is 7.05 Å². The predicted molar refractivity (Wildman–Crippen MR) is 76.9 cm³/mol. The summed E-state index contributed by atoms with van der Waals surface area (Å²) in [4.78, 5) is 4.31. The molecule has 4 nitrogen and oxygen atoms in total. The van der Waals surface area contributed by atoms with E-state index in [1.165, 1.54) is 5.56 Å². The molecule has 1 aromatic carbocycles. The van der Waals surface area contributed by atoms with Crippen LogP contribution in [0.5, 0.6) is 0 Å². The molecule has 2 rings (SSSR count). The maximum absolute atomic E-state index is 4.31. The summed E-state index contributed by atoms with van der Waals surface area (Å²) in [7, 11) is 2.02. The fourth-order valence-corrected chi connectivity index (χ4v) is 2.37. The van der Waals surface area contributed by atoms with Crippen LogP contribution in [-0.4, -0.2) is 21.8 Å². The van der Waals surface area contributed by atoms with E-state index in [2.05, 4.69) is 52.7 Å². The van der Waals surface area contributed by atoms with Crippen molar-refractivity contribution >= 4 is 0 Å². The van der Waals surface area contributed by atoms with Crippen LogP contribution in [0.1, 0.15) is 37.2 Å². The van der Waals surface area contributed by atoms with Crippen LogP contribution in [0.3, 0.4) is 0 Å². The van der Waals surface area contributed by atoms with Crippen LogP contribution >= 0.6 is 0 Å². The summed E-state index contributed by atoms with van der Waals surface area (Å²) in [5.74, 6) is 1.09. The smallest absolute Gasteiger partial charge is 0.138 e. The Bertz CT molecular complexity index is 478. The molecule has 2 aromatic rings. The van der Waals surface area contributed by atoms with Crippen LogP contribution in [0.2, 0.25) is 0 Å². The first kappa shape index (κ1) is 13.7. The average molecular weight is 258 g/mol. The molecule has 0 fully saturated rings. The fraction of sp³-hybridized carbons (Fsp3) is 0.467. The van der Waals surface area contributed by atoms with Gasteiger partial charge in [0.25, 0.3) is 0 Å². The van der Waals surface area contributed by atoms with Crippen molar-refractivity contribution in [3.8, 4) is 0 Å². The van der Waals surface area contributed by atoms with Gasteiger partial charge in [0, 0.05) is 19.0 Å². The topological polar surface area (TPSA) is 42.7 Å². The molecular formula is C15H22N4. The molecule has 4 heteroatoms. The highest BCUT2D eigenvalue weighted by molar-refractivity contribution is 5.18. The standard InChI is InChI=1S/C15H22N4/c1-3-19-15(17-12-18-19)11-7-10-14(16-2)13-8-5-4-6-9-13/h4-6,8-9,12,14,16H,3,7,10-11H2,1-2H3. The molecule has 0 aliphatic rings. The summed E-state index contributed by atoms with van der Waals surface area (Å²) in [6.07, 6.45) is 4.85. The van der Waals surface area contributed by atoms with Crippen LogP contribution in [0, 0.1) is 0 Å². The van der Waals surface area contributed by atoms with E-state index in [0.717, 1.165) is 31.6 Å². The maximum atomic E-state index is 4.31. The van der Waals surface area contributed by atoms with E-state index in [9.17, 15) is 0 Å². The third-order valence-electron chi connectivity index (χ3n) is 3.44. The summed E-state index contributed by atoms with van der Waals surface area (Å²) in [5.41, 5.74) is 1.35. The van der Waals surface area contributed by atoms with Gasteiger partial charge in [0.2, 0.25) is 0 Å². The van der Waals surface area contributed by atoms with E-state index in [1.807, 2.05) is 11.7 Å². The van der Waals surface area contributed by atoms with Gasteiger partial charge in [-0.3, -0.25) is 4.68 Å². The van der Waals surface area contributed by atoms with Crippen LogP contribution in [0.4, 0.5) is 0 Å². The number of hydrogen-bond donors (Lipinski definition) is 1. The molecule has 1 heterocycles. The second-order valence-electron chi connectivity index (χ2n) is 4.64. The number of nitrogens with zero attached hydrogens (tertiary/aromatic N) is 3. The molecule has 1 unspecified atom stereocenters. The molecule has 0 aliphatic carbocycles. The SMILES string of the molecule is CCn1ncnc1CCCC(NC)c1ccccc1. The average Bonchev–Trinajstić information content (AvgIpc) is 2.92. The van der Waals surface area contributed by atoms with Crippen molar-refractivity contribution in [2.45, 2.75) is 38.8 Å². The van der Waals surface area contributed by atoms with Gasteiger partial charge in [0.05, 0.1) is 0 Å². The Morgan fingerprint density at radius 2 is 2.05 bits per heavy atom. The van der Waals surface area contributed by atoms with Crippen molar-refractivity contribution in [3.63, 3.8) is 0 Å². The normalized spacial score (nSPS) is 12.5. The maximum Gasteiger partial charge on any atom is 0.138 e. The van der Waals surface area contributed by atoms with Crippen LogP contribution in [0.15, 0.2) is 36.7 Å². The van der Waals surface area contributed by atoms with Crippen molar-refractivity contribution in [1.82, 2.24) is 20.1 Å². The van der Waals surface area contributed by atoms with Gasteiger partial charge in [-0.15, -0.1) is 0 Å². The zero-order valence-electron chi connectivity index (χ0n) is 11.7. The monoisotopic (exact) mass is 258 g/mol. The molecule has 0 bridgehead atoms. The van der Waals surface area contributed by atoms with E-state index in [1.54, 1.807) is 6.33 Å². The molecule has 0 radical (unpaired) electrons. The van der Waals surface area contributed by atoms with Crippen LogP contribution in [-0.2, 0) is 13.0 Å². The lowest BCUT2D eigenvalue weighted by atomic mass is 10.0. The van der Waals surface area contributed by atoms with Gasteiger partial charge in [-0.1, -0.05) is 30.3 Å². The summed E-state index contributed by atoms with van der Waals surface area (Å²) in [6.45, 7) is 2.99. The summed E-state index contributed by atoms with van der Waals surface area (Å²) >= 11 is 0. The Morgan fingerprint density at radius 1 is 1.26 bits per heavy atom. The number of benzene rings is 1. The largest absolute Gasteiger partial charge is 0.313 e. The van der Waals surface area contributed by atoms with Gasteiger partial charge in [0.15, 0.2) is 0 Å². The summed E-state index contributed by atoms with van der Waals surface area (Å²) in [5, 5.41) is 7.58. The van der Waals surface area contributed by atoms with Crippen LogP contribution in [0.25, 0.3) is 0 Å². The summed E-state index contributed by atoms with van der Waals surface area (Å²) < 4.78 is 1.97. The lowest BCUT2D eigenvalue weighted by Gasteiger charge is -2.16. The first-order chi connectivity index (χ1) is 9.35. The highest BCUT2D eigenvalue weighted by Crippen LogP contribution is 2.18. The first-order valence-corrected chi connectivity index (χ1v) is 6.94.